The Morgan fingerprint density at radius 3 is 2.59 bits per heavy atom. The topological polar surface area (TPSA) is 38.3 Å². The molecule has 0 bridgehead atoms. The molecule has 17 heavy (non-hydrogen) atoms. The highest BCUT2D eigenvalue weighted by Crippen LogP contribution is 2.12. The number of nitrogens with one attached hydrogen (secondary N) is 1. The molecule has 0 radical (unpaired) electrons. The number of ether oxygens (including phenoxy) is 1. The number of esters is 1. The van der Waals surface area contributed by atoms with Crippen molar-refractivity contribution in [3.8, 4) is 0 Å². The Labute approximate surface area is 103 Å². The van der Waals surface area contributed by atoms with Crippen LogP contribution in [0.5, 0.6) is 0 Å². The molecule has 3 heteroatoms. The summed E-state index contributed by atoms with van der Waals surface area (Å²) in [4.78, 5) is 11.1. The standard InChI is InChI=1S/C14H21NO2/c1-4-17-14(16)9-10-15-12(3)13-7-5-11(2)6-8-13/h5-8,12,15H,4,9-10H2,1-3H3/t12-/m0/s1. The average Bonchev–Trinajstić information content (AvgIpc) is 2.30. The minimum Gasteiger partial charge on any atom is -0.466 e. The summed E-state index contributed by atoms with van der Waals surface area (Å²) in [5, 5.41) is 3.31. The lowest BCUT2D eigenvalue weighted by molar-refractivity contribution is -0.143. The minimum absolute atomic E-state index is 0.142. The second kappa shape index (κ2) is 7.07. The van der Waals surface area contributed by atoms with E-state index in [1.54, 1.807) is 0 Å². The van der Waals surface area contributed by atoms with E-state index in [1.807, 2.05) is 6.92 Å². The van der Waals surface area contributed by atoms with E-state index in [1.165, 1.54) is 11.1 Å². The fraction of sp³-hybridized carbons (Fsp3) is 0.500. The number of carbonyl (C=O) groups is 1. The van der Waals surface area contributed by atoms with Crippen molar-refractivity contribution < 1.29 is 9.53 Å². The smallest absolute Gasteiger partial charge is 0.307 e. The number of aryl methyl sites for hydroxylation is 1. The third-order valence-corrected chi connectivity index (χ3v) is 2.66. The molecule has 1 aromatic carbocycles. The van der Waals surface area contributed by atoms with Crippen LogP contribution in [-0.4, -0.2) is 19.1 Å². The van der Waals surface area contributed by atoms with Crippen molar-refractivity contribution in [2.75, 3.05) is 13.2 Å². The fourth-order valence-corrected chi connectivity index (χ4v) is 1.60. The molecule has 3 nitrogen and oxygen atoms in total. The van der Waals surface area contributed by atoms with Crippen LogP contribution < -0.4 is 5.32 Å². The van der Waals surface area contributed by atoms with Crippen molar-refractivity contribution >= 4 is 5.97 Å². The van der Waals surface area contributed by atoms with Crippen molar-refractivity contribution in [2.45, 2.75) is 33.2 Å². The molecule has 0 fully saturated rings. The highest BCUT2D eigenvalue weighted by atomic mass is 16.5. The first-order valence-electron chi connectivity index (χ1n) is 6.09. The number of rotatable bonds is 6. The Kier molecular flexibility index (Phi) is 5.70. The van der Waals surface area contributed by atoms with Gasteiger partial charge in [-0.1, -0.05) is 29.8 Å². The van der Waals surface area contributed by atoms with Crippen molar-refractivity contribution in [1.29, 1.82) is 0 Å². The van der Waals surface area contributed by atoms with Crippen LogP contribution in [0.15, 0.2) is 24.3 Å². The predicted octanol–water partition coefficient (Wildman–Crippen LogP) is 2.60. The molecule has 1 aromatic rings. The van der Waals surface area contributed by atoms with Gasteiger partial charge in [-0.25, -0.2) is 0 Å². The lowest BCUT2D eigenvalue weighted by Gasteiger charge is -2.14. The Balaban J connectivity index is 2.32. The summed E-state index contributed by atoms with van der Waals surface area (Å²) < 4.78 is 4.87. The van der Waals surface area contributed by atoms with Crippen LogP contribution in [0, 0.1) is 6.92 Å². The van der Waals surface area contributed by atoms with Gasteiger partial charge in [0.2, 0.25) is 0 Å². The van der Waals surface area contributed by atoms with Crippen LogP contribution in [0.2, 0.25) is 0 Å². The Hall–Kier alpha value is -1.35. The maximum Gasteiger partial charge on any atom is 0.307 e. The van der Waals surface area contributed by atoms with Gasteiger partial charge in [-0.3, -0.25) is 4.79 Å². The van der Waals surface area contributed by atoms with Crippen LogP contribution in [0.1, 0.15) is 37.4 Å². The molecule has 0 aliphatic heterocycles. The average molecular weight is 235 g/mol. The molecule has 0 unspecified atom stereocenters. The van der Waals surface area contributed by atoms with Gasteiger partial charge in [0, 0.05) is 12.6 Å². The van der Waals surface area contributed by atoms with Gasteiger partial charge in [-0.2, -0.15) is 0 Å². The van der Waals surface area contributed by atoms with Gasteiger partial charge in [0.25, 0.3) is 0 Å². The molecule has 0 saturated heterocycles. The highest BCUT2D eigenvalue weighted by Gasteiger charge is 2.06. The van der Waals surface area contributed by atoms with E-state index >= 15 is 0 Å². The van der Waals surface area contributed by atoms with Crippen LogP contribution in [0.3, 0.4) is 0 Å². The third-order valence-electron chi connectivity index (χ3n) is 2.66. The van der Waals surface area contributed by atoms with Crippen LogP contribution >= 0.6 is 0 Å². The SMILES string of the molecule is CCOC(=O)CCN[C@@H](C)c1ccc(C)cc1. The second-order valence-corrected chi connectivity index (χ2v) is 4.14. The summed E-state index contributed by atoms with van der Waals surface area (Å²) in [5.41, 5.74) is 2.49. The summed E-state index contributed by atoms with van der Waals surface area (Å²) in [6.07, 6.45) is 0.421. The Morgan fingerprint density at radius 1 is 1.35 bits per heavy atom. The lowest BCUT2D eigenvalue weighted by Crippen LogP contribution is -2.22. The summed E-state index contributed by atoms with van der Waals surface area (Å²) >= 11 is 0. The monoisotopic (exact) mass is 235 g/mol. The van der Waals surface area contributed by atoms with Crippen LogP contribution in [0.25, 0.3) is 0 Å². The van der Waals surface area contributed by atoms with Crippen molar-refractivity contribution in [1.82, 2.24) is 5.32 Å². The molecule has 0 amide bonds. The van der Waals surface area contributed by atoms with E-state index in [0.717, 1.165) is 0 Å². The predicted molar refractivity (Wildman–Crippen MR) is 68.8 cm³/mol. The van der Waals surface area contributed by atoms with Gasteiger partial charge in [0.15, 0.2) is 0 Å². The van der Waals surface area contributed by atoms with E-state index in [4.69, 9.17) is 4.74 Å². The Bertz CT molecular complexity index is 346. The molecular weight excluding hydrogens is 214 g/mol. The molecule has 1 N–H and O–H groups in total. The fourth-order valence-electron chi connectivity index (χ4n) is 1.60. The highest BCUT2D eigenvalue weighted by molar-refractivity contribution is 5.69. The molecular formula is C14H21NO2. The van der Waals surface area contributed by atoms with Crippen molar-refractivity contribution in [3.63, 3.8) is 0 Å². The van der Waals surface area contributed by atoms with E-state index in [2.05, 4.69) is 43.4 Å². The molecule has 1 atom stereocenters. The summed E-state index contributed by atoms with van der Waals surface area (Å²) in [5.74, 6) is -0.142. The normalized spacial score (nSPS) is 12.2. The zero-order chi connectivity index (χ0) is 12.7. The first-order chi connectivity index (χ1) is 8.13. The second-order valence-electron chi connectivity index (χ2n) is 4.14. The first-order valence-corrected chi connectivity index (χ1v) is 6.09. The number of hydrogen-bond acceptors (Lipinski definition) is 3. The van der Waals surface area contributed by atoms with Gasteiger partial charge in [-0.05, 0) is 26.3 Å². The van der Waals surface area contributed by atoms with Crippen LogP contribution in [-0.2, 0) is 9.53 Å². The molecule has 0 aliphatic rings. The molecule has 94 valence electrons. The zero-order valence-corrected chi connectivity index (χ0v) is 10.8. The maximum atomic E-state index is 11.1. The van der Waals surface area contributed by atoms with Gasteiger partial charge < -0.3 is 10.1 Å². The number of carbonyl (C=O) groups excluding carboxylic acids is 1. The lowest BCUT2D eigenvalue weighted by atomic mass is 10.1. The molecule has 0 aliphatic carbocycles. The zero-order valence-electron chi connectivity index (χ0n) is 10.8. The van der Waals surface area contributed by atoms with Crippen molar-refractivity contribution in [3.05, 3.63) is 35.4 Å². The molecule has 0 heterocycles. The third kappa shape index (κ3) is 5.00. The minimum atomic E-state index is -0.142. The van der Waals surface area contributed by atoms with E-state index in [9.17, 15) is 4.79 Å². The summed E-state index contributed by atoms with van der Waals surface area (Å²) in [6, 6.07) is 8.66. The Morgan fingerprint density at radius 2 is 2.00 bits per heavy atom. The van der Waals surface area contributed by atoms with Gasteiger partial charge >= 0.3 is 5.97 Å². The summed E-state index contributed by atoms with van der Waals surface area (Å²) in [7, 11) is 0. The quantitative estimate of drug-likeness (QED) is 0.770. The maximum absolute atomic E-state index is 11.1. The van der Waals surface area contributed by atoms with E-state index in [0.29, 0.717) is 19.6 Å². The molecule has 0 aromatic heterocycles. The van der Waals surface area contributed by atoms with Crippen molar-refractivity contribution in [2.24, 2.45) is 0 Å². The van der Waals surface area contributed by atoms with Crippen LogP contribution in [0.4, 0.5) is 0 Å². The largest absolute Gasteiger partial charge is 0.466 e. The van der Waals surface area contributed by atoms with E-state index in [-0.39, 0.29) is 12.0 Å². The number of hydrogen-bond donors (Lipinski definition) is 1. The first kappa shape index (κ1) is 13.7. The van der Waals surface area contributed by atoms with Gasteiger partial charge in [-0.15, -0.1) is 0 Å². The van der Waals surface area contributed by atoms with Gasteiger partial charge in [0.1, 0.15) is 0 Å². The molecule has 0 saturated carbocycles. The molecule has 0 spiro atoms. The van der Waals surface area contributed by atoms with E-state index < -0.39 is 0 Å². The summed E-state index contributed by atoms with van der Waals surface area (Å²) in [6.45, 7) is 7.08. The number of benzene rings is 1. The van der Waals surface area contributed by atoms with Gasteiger partial charge in [0.05, 0.1) is 13.0 Å². The molecule has 1 rings (SSSR count).